The van der Waals surface area contributed by atoms with Gasteiger partial charge in [-0.15, -0.1) is 0 Å². The van der Waals surface area contributed by atoms with Crippen molar-refractivity contribution in [1.82, 2.24) is 14.9 Å². The number of carbonyl (C=O) groups excluding carboxylic acids is 1. The predicted octanol–water partition coefficient (Wildman–Crippen LogP) is -0.273. The molecular weight excluding hydrogens is 242 g/mol. The van der Waals surface area contributed by atoms with Gasteiger partial charge in [-0.25, -0.2) is 13.4 Å². The van der Waals surface area contributed by atoms with E-state index in [0.29, 0.717) is 6.42 Å². The molecule has 1 aromatic rings. The first-order chi connectivity index (χ1) is 7.81. The highest BCUT2D eigenvalue weighted by molar-refractivity contribution is 7.91. The number of hydrogen-bond acceptors (Lipinski definition) is 4. The summed E-state index contributed by atoms with van der Waals surface area (Å²) < 4.78 is 24.4. The highest BCUT2D eigenvalue weighted by atomic mass is 32.2. The average molecular weight is 257 g/mol. The standard InChI is InChI=1S/C10H15N3O3S/c1-10(3-6-17(15,16)7-10)12-9(14)8-11-4-5-13(8)2/h4-5H,3,6-7H2,1-2H3,(H,12,14). The molecule has 2 rings (SSSR count). The predicted molar refractivity (Wildman–Crippen MR) is 62.4 cm³/mol. The SMILES string of the molecule is Cn1ccnc1C(=O)NC1(C)CCS(=O)(=O)C1. The first kappa shape index (κ1) is 12.1. The van der Waals surface area contributed by atoms with Crippen molar-refractivity contribution in [2.24, 2.45) is 7.05 Å². The van der Waals surface area contributed by atoms with Crippen LogP contribution in [0.5, 0.6) is 0 Å². The lowest BCUT2D eigenvalue weighted by molar-refractivity contribution is 0.0901. The van der Waals surface area contributed by atoms with Crippen molar-refractivity contribution >= 4 is 15.7 Å². The molecule has 7 heteroatoms. The summed E-state index contributed by atoms with van der Waals surface area (Å²) in [5.41, 5.74) is -0.679. The van der Waals surface area contributed by atoms with Gasteiger partial charge in [0.25, 0.3) is 5.91 Å². The topological polar surface area (TPSA) is 81.1 Å². The molecule has 1 unspecified atom stereocenters. The summed E-state index contributed by atoms with van der Waals surface area (Å²) >= 11 is 0. The maximum absolute atomic E-state index is 11.9. The van der Waals surface area contributed by atoms with E-state index in [1.807, 2.05) is 0 Å². The quantitative estimate of drug-likeness (QED) is 0.790. The van der Waals surface area contributed by atoms with E-state index in [-0.39, 0.29) is 23.2 Å². The minimum atomic E-state index is -3.02. The average Bonchev–Trinajstić information content (AvgIpc) is 2.70. The lowest BCUT2D eigenvalue weighted by Crippen LogP contribution is -2.47. The van der Waals surface area contributed by atoms with Crippen LogP contribution in [0.2, 0.25) is 0 Å². The highest BCUT2D eigenvalue weighted by Crippen LogP contribution is 2.23. The van der Waals surface area contributed by atoms with E-state index in [4.69, 9.17) is 0 Å². The molecule has 1 N–H and O–H groups in total. The Morgan fingerprint density at radius 1 is 1.59 bits per heavy atom. The van der Waals surface area contributed by atoms with E-state index in [9.17, 15) is 13.2 Å². The van der Waals surface area contributed by atoms with Crippen molar-refractivity contribution in [3.8, 4) is 0 Å². The summed E-state index contributed by atoms with van der Waals surface area (Å²) in [6, 6.07) is 0. The number of carbonyl (C=O) groups is 1. The summed E-state index contributed by atoms with van der Waals surface area (Å²) in [7, 11) is -1.30. The fourth-order valence-corrected chi connectivity index (χ4v) is 4.12. The van der Waals surface area contributed by atoms with Gasteiger partial charge in [-0.3, -0.25) is 4.79 Å². The van der Waals surface area contributed by atoms with E-state index in [1.165, 1.54) is 6.20 Å². The van der Waals surface area contributed by atoms with Crippen LogP contribution in [0.3, 0.4) is 0 Å². The van der Waals surface area contributed by atoms with E-state index in [2.05, 4.69) is 10.3 Å². The zero-order valence-electron chi connectivity index (χ0n) is 9.80. The summed E-state index contributed by atoms with van der Waals surface area (Å²) in [4.78, 5) is 15.8. The molecule has 6 nitrogen and oxygen atoms in total. The van der Waals surface area contributed by atoms with Crippen molar-refractivity contribution in [2.75, 3.05) is 11.5 Å². The van der Waals surface area contributed by atoms with Gasteiger partial charge < -0.3 is 9.88 Å². The number of hydrogen-bond donors (Lipinski definition) is 1. The van der Waals surface area contributed by atoms with Crippen LogP contribution < -0.4 is 5.32 Å². The van der Waals surface area contributed by atoms with Crippen LogP contribution in [0.1, 0.15) is 24.0 Å². The van der Waals surface area contributed by atoms with Crippen molar-refractivity contribution < 1.29 is 13.2 Å². The first-order valence-electron chi connectivity index (χ1n) is 5.32. The molecular formula is C10H15N3O3S. The van der Waals surface area contributed by atoms with Crippen LogP contribution in [-0.4, -0.2) is 40.9 Å². The normalized spacial score (nSPS) is 26.9. The zero-order chi connectivity index (χ0) is 12.7. The van der Waals surface area contributed by atoms with Gasteiger partial charge in [-0.05, 0) is 13.3 Å². The van der Waals surface area contributed by atoms with Gasteiger partial charge in [0.05, 0.1) is 17.0 Å². The molecule has 1 aromatic heterocycles. The number of aryl methyl sites for hydroxylation is 1. The highest BCUT2D eigenvalue weighted by Gasteiger charge is 2.39. The zero-order valence-corrected chi connectivity index (χ0v) is 10.6. The molecule has 1 aliphatic heterocycles. The van der Waals surface area contributed by atoms with Crippen LogP contribution in [0.25, 0.3) is 0 Å². The van der Waals surface area contributed by atoms with Crippen molar-refractivity contribution in [1.29, 1.82) is 0 Å². The summed E-state index contributed by atoms with van der Waals surface area (Å²) in [5.74, 6) is 0.0770. The first-order valence-corrected chi connectivity index (χ1v) is 7.14. The second kappa shape index (κ2) is 3.83. The minimum absolute atomic E-state index is 0.00381. The number of nitrogens with one attached hydrogen (secondary N) is 1. The Kier molecular flexibility index (Phi) is 2.73. The summed E-state index contributed by atoms with van der Waals surface area (Å²) in [6.07, 6.45) is 3.65. The van der Waals surface area contributed by atoms with E-state index in [1.54, 1.807) is 24.7 Å². The molecule has 1 atom stereocenters. The van der Waals surface area contributed by atoms with Crippen LogP contribution in [0, 0.1) is 0 Å². The van der Waals surface area contributed by atoms with Crippen LogP contribution in [0.4, 0.5) is 0 Å². The summed E-state index contributed by atoms with van der Waals surface area (Å²) in [6.45, 7) is 1.75. The van der Waals surface area contributed by atoms with E-state index >= 15 is 0 Å². The molecule has 94 valence electrons. The molecule has 1 fully saturated rings. The molecule has 2 heterocycles. The van der Waals surface area contributed by atoms with Gasteiger partial charge in [-0.1, -0.05) is 0 Å². The number of sulfone groups is 1. The fourth-order valence-electron chi connectivity index (χ4n) is 2.02. The lowest BCUT2D eigenvalue weighted by Gasteiger charge is -2.23. The molecule has 1 saturated heterocycles. The van der Waals surface area contributed by atoms with Crippen LogP contribution in [-0.2, 0) is 16.9 Å². The number of nitrogens with zero attached hydrogens (tertiary/aromatic N) is 2. The van der Waals surface area contributed by atoms with E-state index in [0.717, 1.165) is 0 Å². The Morgan fingerprint density at radius 2 is 2.29 bits per heavy atom. The third kappa shape index (κ3) is 2.49. The molecule has 0 bridgehead atoms. The second-order valence-electron chi connectivity index (χ2n) is 4.72. The lowest BCUT2D eigenvalue weighted by atomic mass is 10.0. The Bertz CT molecular complexity index is 549. The fraction of sp³-hybridized carbons (Fsp3) is 0.600. The molecule has 0 spiro atoms. The van der Waals surface area contributed by atoms with Gasteiger partial charge in [-0.2, -0.15) is 0 Å². The Hall–Kier alpha value is -1.37. The molecule has 1 aliphatic rings. The molecule has 0 radical (unpaired) electrons. The van der Waals surface area contributed by atoms with Crippen LogP contribution in [0.15, 0.2) is 12.4 Å². The molecule has 0 aromatic carbocycles. The second-order valence-corrected chi connectivity index (χ2v) is 6.90. The Balaban J connectivity index is 2.13. The van der Waals surface area contributed by atoms with Crippen molar-refractivity contribution in [3.05, 3.63) is 18.2 Å². The van der Waals surface area contributed by atoms with Gasteiger partial charge in [0, 0.05) is 19.4 Å². The molecule has 0 aliphatic carbocycles. The Labute approximate surface area is 100.0 Å². The van der Waals surface area contributed by atoms with Gasteiger partial charge in [0.1, 0.15) is 0 Å². The Morgan fingerprint density at radius 3 is 2.76 bits per heavy atom. The molecule has 17 heavy (non-hydrogen) atoms. The van der Waals surface area contributed by atoms with Crippen LogP contribution >= 0.6 is 0 Å². The molecule has 0 saturated carbocycles. The molecule has 1 amide bonds. The third-order valence-electron chi connectivity index (χ3n) is 2.94. The third-order valence-corrected chi connectivity index (χ3v) is 4.85. The van der Waals surface area contributed by atoms with Gasteiger partial charge >= 0.3 is 0 Å². The monoisotopic (exact) mass is 257 g/mol. The number of imidazole rings is 1. The summed E-state index contributed by atoms with van der Waals surface area (Å²) in [5, 5.41) is 2.75. The van der Waals surface area contributed by atoms with Crippen molar-refractivity contribution in [2.45, 2.75) is 18.9 Å². The number of rotatable bonds is 2. The largest absolute Gasteiger partial charge is 0.343 e. The maximum atomic E-state index is 11.9. The number of amides is 1. The van der Waals surface area contributed by atoms with E-state index < -0.39 is 15.4 Å². The van der Waals surface area contributed by atoms with Gasteiger partial charge in [0.15, 0.2) is 15.7 Å². The van der Waals surface area contributed by atoms with Crippen molar-refractivity contribution in [3.63, 3.8) is 0 Å². The van der Waals surface area contributed by atoms with Gasteiger partial charge in [0.2, 0.25) is 0 Å². The smallest absolute Gasteiger partial charge is 0.287 e. The minimum Gasteiger partial charge on any atom is -0.343 e. The maximum Gasteiger partial charge on any atom is 0.287 e. The number of aromatic nitrogens is 2.